The maximum atomic E-state index is 12.6. The fourth-order valence-electron chi connectivity index (χ4n) is 2.10. The van der Waals surface area contributed by atoms with Gasteiger partial charge in [-0.25, -0.2) is 16.8 Å². The molecule has 0 saturated heterocycles. The number of sulfone groups is 2. The topological polar surface area (TPSA) is 68.3 Å². The largest absolute Gasteiger partial charge is 0.218 e. The fourth-order valence-corrected chi connectivity index (χ4v) is 7.19. The van der Waals surface area contributed by atoms with E-state index < -0.39 is 39.3 Å². The summed E-state index contributed by atoms with van der Waals surface area (Å²) in [4.78, 5) is -1.75. The molecule has 10 heteroatoms. The van der Waals surface area contributed by atoms with Gasteiger partial charge in [0.15, 0.2) is 0 Å². The van der Waals surface area contributed by atoms with E-state index in [4.69, 9.17) is 46.4 Å². The zero-order valence-corrected chi connectivity index (χ0v) is 14.9. The normalized spacial score (nSPS) is 17.6. The van der Waals surface area contributed by atoms with Gasteiger partial charge in [0.1, 0.15) is 0 Å². The van der Waals surface area contributed by atoms with Crippen molar-refractivity contribution in [1.29, 1.82) is 0 Å². The van der Waals surface area contributed by atoms with Crippen LogP contribution in [0.2, 0.25) is 20.1 Å². The summed E-state index contributed by atoms with van der Waals surface area (Å²) >= 11 is 23.2. The van der Waals surface area contributed by atoms with Gasteiger partial charge in [-0.1, -0.05) is 46.4 Å². The highest BCUT2D eigenvalue weighted by atomic mass is 35.5. The highest BCUT2D eigenvalue weighted by Gasteiger charge is 2.40. The van der Waals surface area contributed by atoms with Crippen molar-refractivity contribution in [3.8, 4) is 0 Å². The first kappa shape index (κ1) is 16.4. The fraction of sp³-hybridized carbons (Fsp3) is 0. The molecule has 0 amide bonds. The molecule has 2 aromatic rings. The van der Waals surface area contributed by atoms with E-state index in [1.54, 1.807) is 0 Å². The minimum atomic E-state index is -4.12. The van der Waals surface area contributed by atoms with Crippen LogP contribution in [0.25, 0.3) is 0 Å². The van der Waals surface area contributed by atoms with Crippen LogP contribution in [-0.4, -0.2) is 16.8 Å². The predicted molar refractivity (Wildman–Crippen MR) is 83.8 cm³/mol. The number of hydrogen-bond acceptors (Lipinski definition) is 4. The molecule has 1 aliphatic rings. The van der Waals surface area contributed by atoms with Gasteiger partial charge in [-0.2, -0.15) is 0 Å². The summed E-state index contributed by atoms with van der Waals surface area (Å²) < 4.78 is 50.6. The Kier molecular flexibility index (Phi) is 3.72. The number of hydrogen-bond donors (Lipinski definition) is 0. The van der Waals surface area contributed by atoms with Crippen molar-refractivity contribution in [3.05, 3.63) is 44.4 Å². The van der Waals surface area contributed by atoms with Crippen LogP contribution in [0.4, 0.5) is 0 Å². The third-order valence-corrected chi connectivity index (χ3v) is 8.50. The van der Waals surface area contributed by atoms with Crippen LogP contribution in [-0.2, 0) is 19.7 Å². The zero-order valence-electron chi connectivity index (χ0n) is 10.3. The number of fused-ring (bicyclic) bond motifs is 2. The van der Waals surface area contributed by atoms with Crippen LogP contribution in [0, 0.1) is 0 Å². The molecule has 22 heavy (non-hydrogen) atoms. The first-order valence-corrected chi connectivity index (χ1v) is 10.0. The second kappa shape index (κ2) is 5.00. The van der Waals surface area contributed by atoms with Gasteiger partial charge in [0.25, 0.3) is 0 Å². The third kappa shape index (κ3) is 2.17. The summed E-state index contributed by atoms with van der Waals surface area (Å²) in [5, 5.41) is -0.268. The van der Waals surface area contributed by atoms with Crippen molar-refractivity contribution < 1.29 is 16.8 Å². The highest BCUT2D eigenvalue weighted by molar-refractivity contribution is 7.97. The molecular weight excluding hydrogens is 414 g/mol. The quantitative estimate of drug-likeness (QED) is 0.547. The van der Waals surface area contributed by atoms with E-state index in [9.17, 15) is 16.8 Å². The average Bonchev–Trinajstić information content (AvgIpc) is 2.42. The minimum absolute atomic E-state index is 0.0669. The van der Waals surface area contributed by atoms with Gasteiger partial charge in [0, 0.05) is 0 Å². The Bertz CT molecular complexity index is 888. The molecule has 0 aliphatic carbocycles. The SMILES string of the molecule is O=S1(=O)c2cc(Cl)c(Cl)cc2S(=O)(=O)c2cc(Cl)c(Cl)cc21. The van der Waals surface area contributed by atoms with Crippen molar-refractivity contribution in [2.75, 3.05) is 0 Å². The molecule has 1 aliphatic heterocycles. The predicted octanol–water partition coefficient (Wildman–Crippen LogP) is 4.28. The van der Waals surface area contributed by atoms with Crippen molar-refractivity contribution in [3.63, 3.8) is 0 Å². The Morgan fingerprint density at radius 1 is 0.500 bits per heavy atom. The van der Waals surface area contributed by atoms with E-state index in [2.05, 4.69) is 0 Å². The van der Waals surface area contributed by atoms with Gasteiger partial charge in [-0.05, 0) is 24.3 Å². The van der Waals surface area contributed by atoms with Crippen LogP contribution in [0.5, 0.6) is 0 Å². The van der Waals surface area contributed by atoms with E-state index >= 15 is 0 Å². The Morgan fingerprint density at radius 3 is 0.864 bits per heavy atom. The summed E-state index contributed by atoms with van der Waals surface area (Å²) in [6, 6.07) is 4.05. The first-order chi connectivity index (χ1) is 10.1. The summed E-state index contributed by atoms with van der Waals surface area (Å²) in [5.41, 5.74) is 0. The molecule has 2 aromatic carbocycles. The van der Waals surface area contributed by atoms with Crippen LogP contribution in [0.15, 0.2) is 43.8 Å². The molecular formula is C12H4Cl4O4S2. The van der Waals surface area contributed by atoms with Gasteiger partial charge >= 0.3 is 0 Å². The van der Waals surface area contributed by atoms with E-state index in [1.807, 2.05) is 0 Å². The van der Waals surface area contributed by atoms with Gasteiger partial charge in [-0.3, -0.25) is 0 Å². The van der Waals surface area contributed by atoms with Crippen LogP contribution in [0.1, 0.15) is 0 Å². The van der Waals surface area contributed by atoms with Crippen molar-refractivity contribution >= 4 is 66.1 Å². The molecule has 0 bridgehead atoms. The summed E-state index contributed by atoms with van der Waals surface area (Å²) in [7, 11) is -8.23. The van der Waals surface area contributed by atoms with Gasteiger partial charge < -0.3 is 0 Å². The molecule has 1 heterocycles. The summed E-state index contributed by atoms with van der Waals surface area (Å²) in [6.07, 6.45) is 0. The van der Waals surface area contributed by atoms with Gasteiger partial charge in [-0.15, -0.1) is 0 Å². The monoisotopic (exact) mass is 416 g/mol. The Labute approximate surface area is 146 Å². The Balaban J connectivity index is 2.55. The molecule has 4 nitrogen and oxygen atoms in total. The van der Waals surface area contributed by atoms with Crippen LogP contribution < -0.4 is 0 Å². The summed E-state index contributed by atoms with van der Waals surface area (Å²) in [5.74, 6) is 0. The lowest BCUT2D eigenvalue weighted by molar-refractivity contribution is 0.570. The van der Waals surface area contributed by atoms with Crippen molar-refractivity contribution in [1.82, 2.24) is 0 Å². The number of benzene rings is 2. The lowest BCUT2D eigenvalue weighted by Crippen LogP contribution is -2.20. The molecule has 0 spiro atoms. The second-order valence-corrected chi connectivity index (χ2v) is 9.83. The first-order valence-electron chi connectivity index (χ1n) is 5.55. The standard InChI is InChI=1S/C12H4Cl4O4S2/c13-5-1-9-10(2-6(5)14)22(19,20)12-4-8(16)7(15)3-11(12)21(9,17)18/h1-4H. The lowest BCUT2D eigenvalue weighted by Gasteiger charge is -2.21. The Hall–Kier alpha value is -0.500. The van der Waals surface area contributed by atoms with Crippen molar-refractivity contribution in [2.24, 2.45) is 0 Å². The third-order valence-electron chi connectivity index (χ3n) is 3.13. The number of rotatable bonds is 0. The minimum Gasteiger partial charge on any atom is -0.218 e. The van der Waals surface area contributed by atoms with E-state index in [-0.39, 0.29) is 20.1 Å². The molecule has 0 radical (unpaired) electrons. The molecule has 0 N–H and O–H groups in total. The highest BCUT2D eigenvalue weighted by Crippen LogP contribution is 2.45. The van der Waals surface area contributed by atoms with Crippen LogP contribution in [0.3, 0.4) is 0 Å². The average molecular weight is 418 g/mol. The maximum absolute atomic E-state index is 12.6. The molecule has 116 valence electrons. The smallest absolute Gasteiger partial charge is 0.209 e. The Morgan fingerprint density at radius 2 is 0.682 bits per heavy atom. The maximum Gasteiger partial charge on any atom is 0.209 e. The molecule has 3 rings (SSSR count). The van der Waals surface area contributed by atoms with Gasteiger partial charge in [0.05, 0.1) is 39.7 Å². The van der Waals surface area contributed by atoms with E-state index in [0.29, 0.717) is 0 Å². The molecule has 0 fully saturated rings. The molecule has 0 saturated carbocycles. The van der Waals surface area contributed by atoms with Gasteiger partial charge in [0.2, 0.25) is 19.7 Å². The second-order valence-electron chi connectivity index (χ2n) is 4.43. The summed E-state index contributed by atoms with van der Waals surface area (Å²) in [6.45, 7) is 0. The molecule has 0 aromatic heterocycles. The zero-order chi connectivity index (χ0) is 16.4. The molecule has 0 unspecified atom stereocenters. The van der Waals surface area contributed by atoms with E-state index in [1.165, 1.54) is 0 Å². The van der Waals surface area contributed by atoms with E-state index in [0.717, 1.165) is 24.3 Å². The number of halogens is 4. The molecule has 0 atom stereocenters. The van der Waals surface area contributed by atoms with Crippen LogP contribution >= 0.6 is 46.4 Å². The van der Waals surface area contributed by atoms with Crippen molar-refractivity contribution in [2.45, 2.75) is 19.6 Å². The lowest BCUT2D eigenvalue weighted by atomic mass is 10.3.